The Labute approximate surface area is 46.2 Å². The summed E-state index contributed by atoms with van der Waals surface area (Å²) in [5.74, 6) is 0.625. The summed E-state index contributed by atoms with van der Waals surface area (Å²) in [6, 6.07) is 0. The molecule has 0 saturated carbocycles. The molecule has 0 aromatic rings. The van der Waals surface area contributed by atoms with Crippen molar-refractivity contribution in [1.82, 2.24) is 0 Å². The van der Waals surface area contributed by atoms with Crippen LogP contribution >= 0.6 is 0 Å². The summed E-state index contributed by atoms with van der Waals surface area (Å²) < 4.78 is 0. The lowest BCUT2D eigenvalue weighted by atomic mass is 10.0. The average molecular weight is 97.2 g/mol. The van der Waals surface area contributed by atoms with E-state index in [1.165, 1.54) is 6.42 Å². The lowest BCUT2D eigenvalue weighted by molar-refractivity contribution is 0.722. The Morgan fingerprint density at radius 3 is 2.29 bits per heavy atom. The third-order valence-electron chi connectivity index (χ3n) is 1.20. The zero-order chi connectivity index (χ0) is 5.70. The molecule has 0 bridgehead atoms. The third kappa shape index (κ3) is 2.44. The summed E-state index contributed by atoms with van der Waals surface area (Å²) in [6.07, 6.45) is 5.31. The van der Waals surface area contributed by atoms with Gasteiger partial charge in [0.25, 0.3) is 0 Å². The van der Waals surface area contributed by atoms with Crippen LogP contribution in [-0.2, 0) is 0 Å². The fourth-order valence-electron chi connectivity index (χ4n) is 0.538. The van der Waals surface area contributed by atoms with Gasteiger partial charge in [-0.25, -0.2) is 0 Å². The molecule has 0 nitrogen and oxygen atoms in total. The van der Waals surface area contributed by atoms with Gasteiger partial charge in [-0.05, 0) is 18.8 Å². The number of hydrogen-bond acceptors (Lipinski definition) is 0. The van der Waals surface area contributed by atoms with Crippen LogP contribution in [0.15, 0.2) is 12.7 Å². The summed E-state index contributed by atoms with van der Waals surface area (Å²) in [5.41, 5.74) is 0. The maximum absolute atomic E-state index is 3.67. The van der Waals surface area contributed by atoms with Gasteiger partial charge in [-0.2, -0.15) is 0 Å². The first-order valence-corrected chi connectivity index (χ1v) is 2.77. The van der Waals surface area contributed by atoms with Gasteiger partial charge in [0.05, 0.1) is 0 Å². The molecule has 0 fully saturated rings. The molecule has 0 amide bonds. The maximum Gasteiger partial charge on any atom is -0.0210 e. The predicted molar refractivity (Wildman–Crippen MR) is 34.0 cm³/mol. The second-order valence-electron chi connectivity index (χ2n) is 1.64. The molecule has 0 aromatic carbocycles. The van der Waals surface area contributed by atoms with Gasteiger partial charge in [-0.1, -0.05) is 19.9 Å². The summed E-state index contributed by atoms with van der Waals surface area (Å²) >= 11 is 0. The highest BCUT2D eigenvalue weighted by Crippen LogP contribution is 2.05. The highest BCUT2D eigenvalue weighted by atomic mass is 14.0. The molecule has 1 atom stereocenters. The zero-order valence-electron chi connectivity index (χ0n) is 5.15. The van der Waals surface area contributed by atoms with Crippen LogP contribution in [0.5, 0.6) is 0 Å². The van der Waals surface area contributed by atoms with Gasteiger partial charge in [0.1, 0.15) is 0 Å². The van der Waals surface area contributed by atoms with E-state index in [1.54, 1.807) is 0 Å². The third-order valence-corrected chi connectivity index (χ3v) is 1.20. The van der Waals surface area contributed by atoms with Crippen molar-refractivity contribution in [3.8, 4) is 0 Å². The first-order chi connectivity index (χ1) is 3.35. The largest absolute Gasteiger partial charge is 0.103 e. The molecule has 1 radical (unpaired) electrons. The van der Waals surface area contributed by atoms with Gasteiger partial charge in [0, 0.05) is 0 Å². The molecule has 0 heterocycles. The predicted octanol–water partition coefficient (Wildman–Crippen LogP) is 2.42. The number of hydrogen-bond donors (Lipinski definition) is 0. The summed E-state index contributed by atoms with van der Waals surface area (Å²) in [5, 5.41) is 0. The quantitative estimate of drug-likeness (QED) is 0.474. The van der Waals surface area contributed by atoms with Gasteiger partial charge in [0.2, 0.25) is 0 Å². The fourth-order valence-corrected chi connectivity index (χ4v) is 0.538. The summed E-state index contributed by atoms with van der Waals surface area (Å²) in [7, 11) is 0. The Morgan fingerprint density at radius 2 is 2.29 bits per heavy atom. The lowest BCUT2D eigenvalue weighted by Gasteiger charge is -2.00. The second kappa shape index (κ2) is 3.91. The Balaban J connectivity index is 3.16. The highest BCUT2D eigenvalue weighted by molar-refractivity contribution is 4.85. The van der Waals surface area contributed by atoms with Crippen LogP contribution in [0.1, 0.15) is 20.3 Å². The minimum absolute atomic E-state index is 0.625. The first kappa shape index (κ1) is 6.74. The number of allylic oxidation sites excluding steroid dienone is 1. The molecule has 0 spiro atoms. The molecular formula is C7H13. The molecule has 0 heteroatoms. The van der Waals surface area contributed by atoms with E-state index < -0.39 is 0 Å². The Morgan fingerprint density at radius 1 is 1.71 bits per heavy atom. The van der Waals surface area contributed by atoms with Crippen LogP contribution in [0.25, 0.3) is 0 Å². The fraction of sp³-hybridized carbons (Fsp3) is 0.571. The summed E-state index contributed by atoms with van der Waals surface area (Å²) in [6.45, 7) is 7.90. The standard InChI is InChI=1S/C7H13/c1-4-7(5-2)6-3/h4-5,7H,1,6H2,2-3H3. The van der Waals surface area contributed by atoms with Crippen molar-refractivity contribution < 1.29 is 0 Å². The Kier molecular flexibility index (Phi) is 3.77. The van der Waals surface area contributed by atoms with Crippen molar-refractivity contribution in [2.24, 2.45) is 5.92 Å². The molecule has 0 rings (SSSR count). The first-order valence-electron chi connectivity index (χ1n) is 2.77. The molecule has 7 heavy (non-hydrogen) atoms. The van der Waals surface area contributed by atoms with Crippen molar-refractivity contribution in [2.75, 3.05) is 0 Å². The van der Waals surface area contributed by atoms with Gasteiger partial charge >= 0.3 is 0 Å². The molecule has 0 aliphatic carbocycles. The molecule has 0 N–H and O–H groups in total. The molecule has 41 valence electrons. The van der Waals surface area contributed by atoms with Gasteiger partial charge in [-0.15, -0.1) is 6.58 Å². The smallest absolute Gasteiger partial charge is 0.0210 e. The minimum atomic E-state index is 0.625. The van der Waals surface area contributed by atoms with Crippen LogP contribution in [0, 0.1) is 12.3 Å². The second-order valence-corrected chi connectivity index (χ2v) is 1.64. The van der Waals surface area contributed by atoms with E-state index >= 15 is 0 Å². The Hall–Kier alpha value is -0.260. The van der Waals surface area contributed by atoms with Crippen LogP contribution in [-0.4, -0.2) is 0 Å². The van der Waals surface area contributed by atoms with Crippen LogP contribution in [0.2, 0.25) is 0 Å². The Bertz CT molecular complexity index is 42.0. The maximum atomic E-state index is 3.67. The molecule has 0 aliphatic rings. The van der Waals surface area contributed by atoms with Crippen LogP contribution in [0.4, 0.5) is 0 Å². The van der Waals surface area contributed by atoms with E-state index in [1.807, 2.05) is 6.08 Å². The molecule has 1 unspecified atom stereocenters. The highest BCUT2D eigenvalue weighted by Gasteiger charge is 1.92. The topological polar surface area (TPSA) is 0 Å². The molecular weight excluding hydrogens is 84.1 g/mol. The summed E-state index contributed by atoms with van der Waals surface area (Å²) in [4.78, 5) is 0. The molecule has 0 aliphatic heterocycles. The van der Waals surface area contributed by atoms with Crippen LogP contribution in [0.3, 0.4) is 0 Å². The average Bonchev–Trinajstić information content (AvgIpc) is 1.72. The van der Waals surface area contributed by atoms with Crippen molar-refractivity contribution >= 4 is 0 Å². The van der Waals surface area contributed by atoms with E-state index in [0.29, 0.717) is 5.92 Å². The van der Waals surface area contributed by atoms with Crippen molar-refractivity contribution in [1.29, 1.82) is 0 Å². The van der Waals surface area contributed by atoms with E-state index in [2.05, 4.69) is 26.8 Å². The molecule has 0 saturated heterocycles. The van der Waals surface area contributed by atoms with E-state index in [-0.39, 0.29) is 0 Å². The minimum Gasteiger partial charge on any atom is -0.103 e. The van der Waals surface area contributed by atoms with E-state index in [9.17, 15) is 0 Å². The normalized spacial score (nSPS) is 9.57. The van der Waals surface area contributed by atoms with Crippen molar-refractivity contribution in [3.05, 3.63) is 19.1 Å². The van der Waals surface area contributed by atoms with Crippen LogP contribution < -0.4 is 0 Å². The van der Waals surface area contributed by atoms with Gasteiger partial charge in [-0.3, -0.25) is 0 Å². The lowest BCUT2D eigenvalue weighted by Crippen LogP contribution is -1.88. The van der Waals surface area contributed by atoms with Gasteiger partial charge < -0.3 is 0 Å². The monoisotopic (exact) mass is 97.1 g/mol. The molecule has 0 aromatic heterocycles. The van der Waals surface area contributed by atoms with E-state index in [4.69, 9.17) is 0 Å². The van der Waals surface area contributed by atoms with Gasteiger partial charge in [0.15, 0.2) is 0 Å². The zero-order valence-corrected chi connectivity index (χ0v) is 5.15. The SMILES string of the molecule is C=CC([CH]C)CC. The van der Waals surface area contributed by atoms with E-state index in [0.717, 1.165) is 0 Å². The number of rotatable bonds is 3. The van der Waals surface area contributed by atoms with Crippen molar-refractivity contribution in [2.45, 2.75) is 20.3 Å². The van der Waals surface area contributed by atoms with Crippen molar-refractivity contribution in [3.63, 3.8) is 0 Å².